The Balaban J connectivity index is 4.22. The van der Waals surface area contributed by atoms with Gasteiger partial charge in [-0.3, -0.25) is 0 Å². The molecule has 0 aromatic carbocycles. The van der Waals surface area contributed by atoms with Gasteiger partial charge in [-0.1, -0.05) is 5.57 Å². The summed E-state index contributed by atoms with van der Waals surface area (Å²) in [5, 5.41) is 0. The van der Waals surface area contributed by atoms with Gasteiger partial charge in [-0.05, 0) is 19.9 Å². The summed E-state index contributed by atoms with van der Waals surface area (Å²) in [5.74, 6) is -0.266. The first-order chi connectivity index (χ1) is 4.52. The molecule has 0 spiro atoms. The summed E-state index contributed by atoms with van der Waals surface area (Å²) in [7, 11) is 1.68. The van der Waals surface area contributed by atoms with E-state index in [4.69, 9.17) is 0 Å². The third-order valence-electron chi connectivity index (χ3n) is 0.770. The van der Waals surface area contributed by atoms with Crippen molar-refractivity contribution in [2.45, 2.75) is 13.8 Å². The zero-order valence-corrected chi connectivity index (χ0v) is 6.69. The fourth-order valence-corrected chi connectivity index (χ4v) is 0.524. The number of allylic oxidation sites excluding steroid dienone is 3. The number of hydrogen-bond donors (Lipinski definition) is 0. The van der Waals surface area contributed by atoms with Crippen LogP contribution in [-0.4, -0.2) is 18.3 Å². The quantitative estimate of drug-likeness (QED) is 0.315. The van der Waals surface area contributed by atoms with E-state index in [2.05, 4.69) is 6.72 Å². The van der Waals surface area contributed by atoms with Crippen LogP contribution in [0.25, 0.3) is 0 Å². The average molecular weight is 142 g/mol. The molecule has 0 unspecified atom stereocenters. The molecular weight excluding hydrogens is 129 g/mol. The van der Waals surface area contributed by atoms with Crippen LogP contribution in [0.2, 0.25) is 0 Å². The maximum absolute atomic E-state index is 12.6. The summed E-state index contributed by atoms with van der Waals surface area (Å²) in [4.78, 5) is 0. The Bertz CT molecular complexity index is 185. The molecule has 0 saturated heterocycles. The monoisotopic (exact) mass is 142 g/mol. The lowest BCUT2D eigenvalue weighted by Gasteiger charge is -1.86. The van der Waals surface area contributed by atoms with Gasteiger partial charge in [-0.25, -0.2) is 8.97 Å². The van der Waals surface area contributed by atoms with Gasteiger partial charge in [0.1, 0.15) is 13.8 Å². The zero-order chi connectivity index (χ0) is 8.15. The van der Waals surface area contributed by atoms with Crippen molar-refractivity contribution in [3.05, 3.63) is 23.7 Å². The Labute approximate surface area is 61.2 Å². The zero-order valence-electron chi connectivity index (χ0n) is 6.69. The fraction of sp³-hybridized carbons (Fsp3) is 0.375. The van der Waals surface area contributed by atoms with Crippen molar-refractivity contribution in [1.29, 1.82) is 0 Å². The lowest BCUT2D eigenvalue weighted by Crippen LogP contribution is -1.89. The SMILES string of the molecule is C=[N+](C)/C=C(/F)C=C(C)C. The van der Waals surface area contributed by atoms with Gasteiger partial charge >= 0.3 is 0 Å². The van der Waals surface area contributed by atoms with Crippen LogP contribution in [0.5, 0.6) is 0 Å². The van der Waals surface area contributed by atoms with Crippen LogP contribution in [0.15, 0.2) is 23.7 Å². The molecule has 1 nitrogen and oxygen atoms in total. The van der Waals surface area contributed by atoms with E-state index in [-0.39, 0.29) is 5.83 Å². The molecule has 0 aliphatic heterocycles. The van der Waals surface area contributed by atoms with Crippen LogP contribution in [0, 0.1) is 0 Å². The van der Waals surface area contributed by atoms with Gasteiger partial charge < -0.3 is 0 Å². The molecule has 0 bridgehead atoms. The molecule has 0 radical (unpaired) electrons. The third kappa shape index (κ3) is 5.22. The molecule has 0 aliphatic rings. The van der Waals surface area contributed by atoms with Gasteiger partial charge in [0.2, 0.25) is 6.20 Å². The van der Waals surface area contributed by atoms with Crippen molar-refractivity contribution < 1.29 is 8.97 Å². The maximum atomic E-state index is 12.6. The fourth-order valence-electron chi connectivity index (χ4n) is 0.524. The predicted octanol–water partition coefficient (Wildman–Crippen LogP) is 2.11. The van der Waals surface area contributed by atoms with E-state index in [1.807, 2.05) is 13.8 Å². The van der Waals surface area contributed by atoms with Gasteiger partial charge in [0.25, 0.3) is 0 Å². The van der Waals surface area contributed by atoms with Gasteiger partial charge in [-0.2, -0.15) is 0 Å². The average Bonchev–Trinajstić information content (AvgIpc) is 1.58. The van der Waals surface area contributed by atoms with Crippen LogP contribution < -0.4 is 0 Å². The summed E-state index contributed by atoms with van der Waals surface area (Å²) in [6.07, 6.45) is 2.79. The third-order valence-corrected chi connectivity index (χ3v) is 0.770. The first kappa shape index (κ1) is 9.08. The minimum atomic E-state index is -0.266. The molecule has 2 heteroatoms. The van der Waals surface area contributed by atoms with Gasteiger partial charge in [-0.15, -0.1) is 0 Å². The lowest BCUT2D eigenvalue weighted by atomic mass is 10.3. The van der Waals surface area contributed by atoms with E-state index >= 15 is 0 Å². The molecule has 0 aromatic rings. The van der Waals surface area contributed by atoms with Crippen LogP contribution in [0.3, 0.4) is 0 Å². The van der Waals surface area contributed by atoms with Crippen molar-refractivity contribution in [3.63, 3.8) is 0 Å². The summed E-state index contributed by atoms with van der Waals surface area (Å²) in [6, 6.07) is 0. The van der Waals surface area contributed by atoms with Crippen LogP contribution in [0.4, 0.5) is 4.39 Å². The molecular formula is C8H13FN+. The van der Waals surface area contributed by atoms with Crippen molar-refractivity contribution in [2.24, 2.45) is 0 Å². The number of halogens is 1. The first-order valence-corrected chi connectivity index (χ1v) is 3.08. The molecule has 0 heterocycles. The Kier molecular flexibility index (Phi) is 3.62. The molecule has 0 aromatic heterocycles. The minimum absolute atomic E-state index is 0.266. The van der Waals surface area contributed by atoms with Crippen molar-refractivity contribution in [3.8, 4) is 0 Å². The minimum Gasteiger partial charge on any atom is -0.212 e. The lowest BCUT2D eigenvalue weighted by molar-refractivity contribution is -0.413. The van der Waals surface area contributed by atoms with E-state index in [1.54, 1.807) is 7.05 Å². The van der Waals surface area contributed by atoms with E-state index in [9.17, 15) is 4.39 Å². The smallest absolute Gasteiger partial charge is 0.204 e. The van der Waals surface area contributed by atoms with Crippen molar-refractivity contribution in [1.82, 2.24) is 0 Å². The number of rotatable bonds is 2. The highest BCUT2D eigenvalue weighted by atomic mass is 19.1. The Morgan fingerprint density at radius 1 is 1.50 bits per heavy atom. The standard InChI is InChI=1S/C8H13FN/c1-7(2)5-8(9)6-10(3)4/h5-6H,3H2,1-2,4H3/q+1/b8-6+. The first-order valence-electron chi connectivity index (χ1n) is 3.08. The second-order valence-corrected chi connectivity index (χ2v) is 2.49. The van der Waals surface area contributed by atoms with E-state index in [0.717, 1.165) is 5.57 Å². The van der Waals surface area contributed by atoms with Crippen LogP contribution in [0.1, 0.15) is 13.8 Å². The number of hydrogen-bond acceptors (Lipinski definition) is 0. The van der Waals surface area contributed by atoms with E-state index < -0.39 is 0 Å². The molecule has 0 N–H and O–H groups in total. The highest BCUT2D eigenvalue weighted by Crippen LogP contribution is 2.01. The van der Waals surface area contributed by atoms with Crippen molar-refractivity contribution >= 4 is 6.72 Å². The second kappa shape index (κ2) is 3.99. The normalized spacial score (nSPS) is 11.0. The molecule has 0 rings (SSSR count). The van der Waals surface area contributed by atoms with Gasteiger partial charge in [0.05, 0.1) is 0 Å². The molecule has 10 heavy (non-hydrogen) atoms. The highest BCUT2D eigenvalue weighted by Gasteiger charge is 1.92. The van der Waals surface area contributed by atoms with E-state index in [0.29, 0.717) is 0 Å². The second-order valence-electron chi connectivity index (χ2n) is 2.49. The molecule has 0 atom stereocenters. The molecule has 0 saturated carbocycles. The maximum Gasteiger partial charge on any atom is 0.204 e. The van der Waals surface area contributed by atoms with Crippen molar-refractivity contribution in [2.75, 3.05) is 7.05 Å². The van der Waals surface area contributed by atoms with Crippen LogP contribution >= 0.6 is 0 Å². The Morgan fingerprint density at radius 3 is 2.30 bits per heavy atom. The molecule has 0 fully saturated rings. The summed E-state index contributed by atoms with van der Waals surface area (Å²) in [6.45, 7) is 7.16. The molecule has 56 valence electrons. The highest BCUT2D eigenvalue weighted by molar-refractivity contribution is 5.18. The molecule has 0 amide bonds. The van der Waals surface area contributed by atoms with Gasteiger partial charge in [0.15, 0.2) is 5.83 Å². The summed E-state index contributed by atoms with van der Waals surface area (Å²) >= 11 is 0. The topological polar surface area (TPSA) is 3.01 Å². The Hall–Kier alpha value is -0.920. The van der Waals surface area contributed by atoms with Crippen LogP contribution in [-0.2, 0) is 0 Å². The Morgan fingerprint density at radius 2 is 2.00 bits per heavy atom. The summed E-state index contributed by atoms with van der Waals surface area (Å²) < 4.78 is 14.0. The summed E-state index contributed by atoms with van der Waals surface area (Å²) in [5.41, 5.74) is 0.940. The van der Waals surface area contributed by atoms with E-state index in [1.165, 1.54) is 16.9 Å². The van der Waals surface area contributed by atoms with Gasteiger partial charge in [0, 0.05) is 0 Å². The predicted molar refractivity (Wildman–Crippen MR) is 41.9 cm³/mol. The largest absolute Gasteiger partial charge is 0.212 e. The molecule has 0 aliphatic carbocycles. The number of nitrogens with zero attached hydrogens (tertiary/aromatic N) is 1.